The molecule has 0 saturated heterocycles. The van der Waals surface area contributed by atoms with Crippen LogP contribution < -0.4 is 10.6 Å². The average Bonchev–Trinajstić information content (AvgIpc) is 2.33. The number of hydrogen-bond donors (Lipinski definition) is 1. The maximum absolute atomic E-state index is 11.8. The van der Waals surface area contributed by atoms with Gasteiger partial charge < -0.3 is 15.5 Å². The lowest BCUT2D eigenvalue weighted by Gasteiger charge is -2.25. The van der Waals surface area contributed by atoms with Gasteiger partial charge in [-0.15, -0.1) is 0 Å². The van der Waals surface area contributed by atoms with Gasteiger partial charge in [-0.25, -0.2) is 4.98 Å². The number of nitrogens with zero attached hydrogens (tertiary/aromatic N) is 4. The number of nitrogens with two attached hydrogens (primary N) is 1. The van der Waals surface area contributed by atoms with Gasteiger partial charge in [0.25, 0.3) is 0 Å². The predicted octanol–water partition coefficient (Wildman–Crippen LogP) is 1.33. The first-order chi connectivity index (χ1) is 8.86. The van der Waals surface area contributed by atoms with Crippen LogP contribution in [-0.4, -0.2) is 48.0 Å². The summed E-state index contributed by atoms with van der Waals surface area (Å²) < 4.78 is 0. The summed E-state index contributed by atoms with van der Waals surface area (Å²) in [7, 11) is 3.43. The Bertz CT molecular complexity index is 464. The fourth-order valence-electron chi connectivity index (χ4n) is 1.61. The van der Waals surface area contributed by atoms with Gasteiger partial charge in [-0.05, 0) is 24.9 Å². The molecule has 0 unspecified atom stereocenters. The van der Waals surface area contributed by atoms with E-state index in [1.54, 1.807) is 21.0 Å². The van der Waals surface area contributed by atoms with Crippen molar-refractivity contribution >= 4 is 29.0 Å². The first kappa shape index (κ1) is 15.5. The number of carbonyl (C=O) groups is 1. The van der Waals surface area contributed by atoms with Gasteiger partial charge in [0, 0.05) is 20.6 Å². The van der Waals surface area contributed by atoms with Crippen LogP contribution in [0.5, 0.6) is 0 Å². The molecular weight excluding hydrogens is 266 g/mol. The summed E-state index contributed by atoms with van der Waals surface area (Å²) >= 11 is 5.87. The van der Waals surface area contributed by atoms with Crippen LogP contribution in [0.15, 0.2) is 0 Å². The third kappa shape index (κ3) is 3.96. The highest BCUT2D eigenvalue weighted by Gasteiger charge is 2.18. The van der Waals surface area contributed by atoms with Crippen LogP contribution in [-0.2, 0) is 4.79 Å². The van der Waals surface area contributed by atoms with Crippen molar-refractivity contribution in [2.45, 2.75) is 20.3 Å². The zero-order valence-electron chi connectivity index (χ0n) is 11.8. The van der Waals surface area contributed by atoms with Crippen molar-refractivity contribution in [3.8, 4) is 0 Å². The first-order valence-corrected chi connectivity index (χ1v) is 6.49. The van der Waals surface area contributed by atoms with E-state index in [4.69, 9.17) is 17.3 Å². The Morgan fingerprint density at radius 2 is 2.00 bits per heavy atom. The van der Waals surface area contributed by atoms with E-state index in [9.17, 15) is 4.79 Å². The number of anilines is 2. The minimum absolute atomic E-state index is 0.0137. The van der Waals surface area contributed by atoms with Crippen LogP contribution in [0.25, 0.3) is 0 Å². The molecule has 0 spiro atoms. The number of carbonyl (C=O) groups excluding carboxylic acids is 1. The van der Waals surface area contributed by atoms with Crippen LogP contribution in [0.1, 0.15) is 19.0 Å². The normalized spacial score (nSPS) is 10.4. The molecule has 0 aliphatic carbocycles. The largest absolute Gasteiger partial charge is 0.394 e. The summed E-state index contributed by atoms with van der Waals surface area (Å²) in [5.74, 6) is 0.509. The van der Waals surface area contributed by atoms with Gasteiger partial charge in [-0.3, -0.25) is 4.79 Å². The van der Waals surface area contributed by atoms with E-state index >= 15 is 0 Å². The molecular formula is C12H20ClN5O. The first-order valence-electron chi connectivity index (χ1n) is 6.11. The zero-order chi connectivity index (χ0) is 14.6. The summed E-state index contributed by atoms with van der Waals surface area (Å²) in [5, 5.41) is 0.139. The Morgan fingerprint density at radius 1 is 1.37 bits per heavy atom. The van der Waals surface area contributed by atoms with Crippen molar-refractivity contribution in [1.29, 1.82) is 0 Å². The number of aryl methyl sites for hydroxylation is 1. The van der Waals surface area contributed by atoms with Crippen LogP contribution >= 0.6 is 11.6 Å². The van der Waals surface area contributed by atoms with Gasteiger partial charge in [0.2, 0.25) is 11.2 Å². The van der Waals surface area contributed by atoms with Crippen molar-refractivity contribution in [2.24, 2.45) is 0 Å². The molecule has 0 fully saturated rings. The SMILES string of the molecule is CCCN(CC(=O)N(C)C)c1nc(Cl)nc(C)c1N. The monoisotopic (exact) mass is 285 g/mol. The Kier molecular flexibility index (Phi) is 5.35. The van der Waals surface area contributed by atoms with E-state index in [0.717, 1.165) is 6.42 Å². The smallest absolute Gasteiger partial charge is 0.241 e. The maximum Gasteiger partial charge on any atom is 0.241 e. The number of likely N-dealkylation sites (N-methyl/N-ethyl adjacent to an activating group) is 1. The molecule has 7 heteroatoms. The van der Waals surface area contributed by atoms with Crippen molar-refractivity contribution in [2.75, 3.05) is 37.8 Å². The number of amides is 1. The van der Waals surface area contributed by atoms with Crippen molar-refractivity contribution in [1.82, 2.24) is 14.9 Å². The molecule has 1 aromatic rings. The molecule has 0 radical (unpaired) electrons. The molecule has 2 N–H and O–H groups in total. The van der Waals surface area contributed by atoms with Crippen LogP contribution in [0.2, 0.25) is 5.28 Å². The van der Waals surface area contributed by atoms with Crippen molar-refractivity contribution in [3.63, 3.8) is 0 Å². The Morgan fingerprint density at radius 3 is 2.53 bits per heavy atom. The third-order valence-corrected chi connectivity index (χ3v) is 2.88. The minimum Gasteiger partial charge on any atom is -0.394 e. The summed E-state index contributed by atoms with van der Waals surface area (Å²) in [5.41, 5.74) is 7.07. The zero-order valence-corrected chi connectivity index (χ0v) is 12.5. The van der Waals surface area contributed by atoms with E-state index in [1.807, 2.05) is 11.8 Å². The van der Waals surface area contributed by atoms with Crippen LogP contribution in [0.3, 0.4) is 0 Å². The van der Waals surface area contributed by atoms with Gasteiger partial charge in [-0.1, -0.05) is 6.92 Å². The Balaban J connectivity index is 3.08. The number of halogens is 1. The highest BCUT2D eigenvalue weighted by molar-refractivity contribution is 6.28. The van der Waals surface area contributed by atoms with Gasteiger partial charge in [0.05, 0.1) is 17.9 Å². The quantitative estimate of drug-likeness (QED) is 0.826. The standard InChI is InChI=1S/C12H20ClN5O/c1-5-6-18(7-9(19)17(3)4)11-10(14)8(2)15-12(13)16-11/h5-7,14H2,1-4H3. The topological polar surface area (TPSA) is 75.4 Å². The van der Waals surface area contributed by atoms with E-state index in [2.05, 4.69) is 9.97 Å². The molecule has 0 aromatic carbocycles. The molecule has 19 heavy (non-hydrogen) atoms. The molecule has 0 aliphatic heterocycles. The maximum atomic E-state index is 11.8. The number of hydrogen-bond acceptors (Lipinski definition) is 5. The van der Waals surface area contributed by atoms with E-state index in [-0.39, 0.29) is 17.7 Å². The molecule has 1 heterocycles. The molecule has 1 rings (SSSR count). The lowest BCUT2D eigenvalue weighted by Crippen LogP contribution is -2.38. The van der Waals surface area contributed by atoms with Gasteiger partial charge in [-0.2, -0.15) is 4.98 Å². The van der Waals surface area contributed by atoms with Crippen LogP contribution in [0, 0.1) is 6.92 Å². The second-order valence-corrected chi connectivity index (χ2v) is 4.86. The Hall–Kier alpha value is -1.56. The summed E-state index contributed by atoms with van der Waals surface area (Å²) in [4.78, 5) is 23.4. The predicted molar refractivity (Wildman–Crippen MR) is 77.4 cm³/mol. The van der Waals surface area contributed by atoms with E-state index in [1.165, 1.54) is 4.90 Å². The second kappa shape index (κ2) is 6.56. The summed E-state index contributed by atoms with van der Waals surface area (Å²) in [6.07, 6.45) is 0.876. The van der Waals surface area contributed by atoms with E-state index in [0.29, 0.717) is 23.7 Å². The molecule has 6 nitrogen and oxygen atoms in total. The minimum atomic E-state index is -0.0137. The lowest BCUT2D eigenvalue weighted by atomic mass is 10.3. The van der Waals surface area contributed by atoms with E-state index < -0.39 is 0 Å². The van der Waals surface area contributed by atoms with Crippen molar-refractivity contribution < 1.29 is 4.79 Å². The lowest BCUT2D eigenvalue weighted by molar-refractivity contribution is -0.127. The van der Waals surface area contributed by atoms with Gasteiger partial charge in [0.15, 0.2) is 5.82 Å². The summed E-state index contributed by atoms with van der Waals surface area (Å²) in [6.45, 7) is 4.69. The molecule has 0 atom stereocenters. The molecule has 1 aromatic heterocycles. The number of rotatable bonds is 5. The number of nitrogen functional groups attached to an aromatic ring is 1. The number of aromatic nitrogens is 2. The molecule has 0 bridgehead atoms. The van der Waals surface area contributed by atoms with Crippen molar-refractivity contribution in [3.05, 3.63) is 11.0 Å². The highest BCUT2D eigenvalue weighted by Crippen LogP contribution is 2.24. The summed E-state index contributed by atoms with van der Waals surface area (Å²) in [6, 6.07) is 0. The molecule has 106 valence electrons. The Labute approximate surface area is 118 Å². The van der Waals surface area contributed by atoms with Crippen LogP contribution in [0.4, 0.5) is 11.5 Å². The fourth-order valence-corrected chi connectivity index (χ4v) is 1.82. The fraction of sp³-hybridized carbons (Fsp3) is 0.583. The second-order valence-electron chi connectivity index (χ2n) is 4.53. The molecule has 0 aliphatic rings. The highest BCUT2D eigenvalue weighted by atomic mass is 35.5. The van der Waals surface area contributed by atoms with Gasteiger partial charge in [0.1, 0.15) is 0 Å². The van der Waals surface area contributed by atoms with Gasteiger partial charge >= 0.3 is 0 Å². The molecule has 0 saturated carbocycles. The molecule has 1 amide bonds. The average molecular weight is 286 g/mol. The third-order valence-electron chi connectivity index (χ3n) is 2.71.